The number of aromatic nitrogens is 3. The molecule has 1 amide bonds. The molecule has 0 bridgehead atoms. The standard InChI is InChI=1S/C17H19F2N5O3/c18-14-8-12(9-15(19)16(14)22-3-1-6-26-7-5-22)24-11-13(27-17(24)25)10-23-4-2-20-21-23/h2,4,8-9,13H,1,3,5-7,10-11H2/t13-/m0/s1. The van der Waals surface area contributed by atoms with Gasteiger partial charge >= 0.3 is 6.09 Å². The first-order chi connectivity index (χ1) is 13.1. The number of cyclic esters (lactones) is 1. The Labute approximate surface area is 154 Å². The molecule has 4 rings (SSSR count). The summed E-state index contributed by atoms with van der Waals surface area (Å²) in [5, 5.41) is 7.51. The van der Waals surface area contributed by atoms with Crippen LogP contribution in [0.5, 0.6) is 0 Å². The highest BCUT2D eigenvalue weighted by Gasteiger charge is 2.34. The van der Waals surface area contributed by atoms with Crippen molar-refractivity contribution in [1.29, 1.82) is 0 Å². The molecule has 144 valence electrons. The van der Waals surface area contributed by atoms with E-state index in [-0.39, 0.29) is 17.9 Å². The Balaban J connectivity index is 1.53. The van der Waals surface area contributed by atoms with Crippen molar-refractivity contribution in [2.24, 2.45) is 0 Å². The maximum atomic E-state index is 14.7. The average molecular weight is 379 g/mol. The van der Waals surface area contributed by atoms with E-state index in [1.54, 1.807) is 11.1 Å². The van der Waals surface area contributed by atoms with Gasteiger partial charge in [0.2, 0.25) is 0 Å². The van der Waals surface area contributed by atoms with E-state index in [0.29, 0.717) is 39.3 Å². The highest BCUT2D eigenvalue weighted by atomic mass is 19.1. The molecule has 3 heterocycles. The molecular weight excluding hydrogens is 360 g/mol. The number of amides is 1. The lowest BCUT2D eigenvalue weighted by atomic mass is 10.2. The molecule has 27 heavy (non-hydrogen) atoms. The molecule has 2 fully saturated rings. The number of anilines is 2. The van der Waals surface area contributed by atoms with Crippen LogP contribution in [-0.4, -0.2) is 60.0 Å². The van der Waals surface area contributed by atoms with Gasteiger partial charge < -0.3 is 14.4 Å². The lowest BCUT2D eigenvalue weighted by molar-refractivity contribution is 0.129. The van der Waals surface area contributed by atoms with Crippen molar-refractivity contribution in [2.45, 2.75) is 19.1 Å². The molecule has 0 radical (unpaired) electrons. The van der Waals surface area contributed by atoms with E-state index in [4.69, 9.17) is 9.47 Å². The quantitative estimate of drug-likeness (QED) is 0.807. The van der Waals surface area contributed by atoms with Gasteiger partial charge in [0, 0.05) is 38.0 Å². The van der Waals surface area contributed by atoms with Crippen LogP contribution in [0.2, 0.25) is 0 Å². The van der Waals surface area contributed by atoms with Crippen molar-refractivity contribution >= 4 is 17.5 Å². The zero-order chi connectivity index (χ0) is 18.8. The van der Waals surface area contributed by atoms with Crippen LogP contribution in [0.3, 0.4) is 0 Å². The van der Waals surface area contributed by atoms with Crippen LogP contribution in [-0.2, 0) is 16.0 Å². The Morgan fingerprint density at radius 2 is 2.00 bits per heavy atom. The molecule has 1 aromatic heterocycles. The molecule has 2 aliphatic rings. The molecule has 2 aromatic rings. The smallest absolute Gasteiger partial charge is 0.414 e. The molecule has 1 atom stereocenters. The first-order valence-electron chi connectivity index (χ1n) is 8.76. The SMILES string of the molecule is O=C1O[C@@H](Cn2ccnn2)CN1c1cc(F)c(N2CCCOCC2)c(F)c1. The number of hydrogen-bond acceptors (Lipinski definition) is 6. The third-order valence-electron chi connectivity index (χ3n) is 4.59. The summed E-state index contributed by atoms with van der Waals surface area (Å²) in [6, 6.07) is 2.34. The monoisotopic (exact) mass is 379 g/mol. The van der Waals surface area contributed by atoms with Gasteiger partial charge in [-0.1, -0.05) is 5.21 Å². The predicted octanol–water partition coefficient (Wildman–Crippen LogP) is 1.81. The van der Waals surface area contributed by atoms with E-state index < -0.39 is 23.8 Å². The first kappa shape index (κ1) is 17.7. The van der Waals surface area contributed by atoms with E-state index in [1.165, 1.54) is 27.9 Å². The van der Waals surface area contributed by atoms with Gasteiger partial charge in [-0.25, -0.2) is 18.3 Å². The van der Waals surface area contributed by atoms with Crippen LogP contribution < -0.4 is 9.80 Å². The normalized spacial score (nSPS) is 20.7. The van der Waals surface area contributed by atoms with Crippen LogP contribution in [0.1, 0.15) is 6.42 Å². The second-order valence-electron chi connectivity index (χ2n) is 6.45. The molecule has 8 nitrogen and oxygen atoms in total. The summed E-state index contributed by atoms with van der Waals surface area (Å²) in [5.74, 6) is -1.42. The van der Waals surface area contributed by atoms with Crippen molar-refractivity contribution in [3.05, 3.63) is 36.2 Å². The zero-order valence-corrected chi connectivity index (χ0v) is 14.6. The largest absolute Gasteiger partial charge is 0.442 e. The molecule has 0 saturated carbocycles. The molecule has 1 aromatic carbocycles. The van der Waals surface area contributed by atoms with E-state index in [0.717, 1.165) is 0 Å². The van der Waals surface area contributed by atoms with Crippen molar-refractivity contribution in [3.63, 3.8) is 0 Å². The van der Waals surface area contributed by atoms with Gasteiger partial charge in [0.25, 0.3) is 0 Å². The number of halogens is 2. The van der Waals surface area contributed by atoms with Crippen LogP contribution in [0.25, 0.3) is 0 Å². The summed E-state index contributed by atoms with van der Waals surface area (Å²) >= 11 is 0. The number of carbonyl (C=O) groups excluding carboxylic acids is 1. The van der Waals surface area contributed by atoms with Crippen molar-refractivity contribution in [1.82, 2.24) is 15.0 Å². The maximum absolute atomic E-state index is 14.7. The van der Waals surface area contributed by atoms with E-state index in [1.807, 2.05) is 0 Å². The molecule has 2 saturated heterocycles. The minimum atomic E-state index is -0.709. The number of carbonyl (C=O) groups is 1. The predicted molar refractivity (Wildman–Crippen MR) is 91.6 cm³/mol. The molecule has 0 spiro atoms. The van der Waals surface area contributed by atoms with Gasteiger partial charge in [0.1, 0.15) is 11.8 Å². The Morgan fingerprint density at radius 1 is 1.19 bits per heavy atom. The molecular formula is C17H19F2N5O3. The van der Waals surface area contributed by atoms with Crippen LogP contribution >= 0.6 is 0 Å². The second-order valence-corrected chi connectivity index (χ2v) is 6.45. The highest BCUT2D eigenvalue weighted by molar-refractivity contribution is 5.90. The Kier molecular flexibility index (Phi) is 4.88. The summed E-state index contributed by atoms with van der Waals surface area (Å²) < 4.78 is 41.5. The summed E-state index contributed by atoms with van der Waals surface area (Å²) in [6.45, 7) is 2.42. The molecule has 0 N–H and O–H groups in total. The summed E-state index contributed by atoms with van der Waals surface area (Å²) in [4.78, 5) is 15.0. The Hall–Kier alpha value is -2.75. The van der Waals surface area contributed by atoms with Crippen molar-refractivity contribution in [2.75, 3.05) is 42.6 Å². The third-order valence-corrected chi connectivity index (χ3v) is 4.59. The average Bonchev–Trinajstić information content (AvgIpc) is 3.18. The molecule has 0 aliphatic carbocycles. The van der Waals surface area contributed by atoms with Crippen LogP contribution in [0.4, 0.5) is 25.0 Å². The van der Waals surface area contributed by atoms with Gasteiger partial charge in [0.05, 0.1) is 31.6 Å². The van der Waals surface area contributed by atoms with Gasteiger partial charge in [-0.2, -0.15) is 0 Å². The summed E-state index contributed by atoms with van der Waals surface area (Å²) in [5.41, 5.74) is 0.0434. The first-order valence-corrected chi connectivity index (χ1v) is 8.76. The number of hydrogen-bond donors (Lipinski definition) is 0. The van der Waals surface area contributed by atoms with Crippen molar-refractivity contribution in [3.8, 4) is 0 Å². The fourth-order valence-electron chi connectivity index (χ4n) is 3.35. The fourth-order valence-corrected chi connectivity index (χ4v) is 3.35. The third kappa shape index (κ3) is 3.70. The zero-order valence-electron chi connectivity index (χ0n) is 14.6. The Bertz CT molecular complexity index is 786. The Morgan fingerprint density at radius 3 is 2.74 bits per heavy atom. The number of rotatable bonds is 4. The molecule has 10 heteroatoms. The summed E-state index contributed by atoms with van der Waals surface area (Å²) in [6.07, 6.45) is 2.74. The summed E-state index contributed by atoms with van der Waals surface area (Å²) in [7, 11) is 0. The van der Waals surface area contributed by atoms with E-state index >= 15 is 0 Å². The number of benzene rings is 1. The van der Waals surface area contributed by atoms with Gasteiger partial charge in [-0.15, -0.1) is 5.10 Å². The van der Waals surface area contributed by atoms with Gasteiger partial charge in [0.15, 0.2) is 11.6 Å². The van der Waals surface area contributed by atoms with E-state index in [9.17, 15) is 13.6 Å². The number of nitrogens with zero attached hydrogens (tertiary/aromatic N) is 5. The molecule has 0 unspecified atom stereocenters. The van der Waals surface area contributed by atoms with Gasteiger partial charge in [-0.3, -0.25) is 4.90 Å². The van der Waals surface area contributed by atoms with Crippen LogP contribution in [0, 0.1) is 11.6 Å². The topological polar surface area (TPSA) is 72.7 Å². The maximum Gasteiger partial charge on any atom is 0.414 e. The molecule has 2 aliphatic heterocycles. The highest BCUT2D eigenvalue weighted by Crippen LogP contribution is 2.31. The van der Waals surface area contributed by atoms with Gasteiger partial charge in [-0.05, 0) is 6.42 Å². The lowest BCUT2D eigenvalue weighted by Gasteiger charge is -2.24. The number of ether oxygens (including phenoxy) is 2. The second kappa shape index (κ2) is 7.47. The van der Waals surface area contributed by atoms with E-state index in [2.05, 4.69) is 10.3 Å². The fraction of sp³-hybridized carbons (Fsp3) is 0.471. The van der Waals surface area contributed by atoms with Crippen LogP contribution in [0.15, 0.2) is 24.5 Å². The lowest BCUT2D eigenvalue weighted by Crippen LogP contribution is -2.29. The van der Waals surface area contributed by atoms with Crippen molar-refractivity contribution < 1.29 is 23.0 Å². The minimum absolute atomic E-state index is 0.0871. The minimum Gasteiger partial charge on any atom is -0.442 e.